The lowest BCUT2D eigenvalue weighted by molar-refractivity contribution is 0.465. The molecule has 3 unspecified atom stereocenters. The van der Waals surface area contributed by atoms with E-state index >= 15 is 0 Å². The standard InChI is InChI=1S/C12H15N/c13-12-7-9-6-10(12)5-8-3-1-2-4-11(8)9/h1-4,9-10,12H,5-7,13H2. The van der Waals surface area contributed by atoms with Crippen molar-refractivity contribution in [3.8, 4) is 0 Å². The summed E-state index contributed by atoms with van der Waals surface area (Å²) in [4.78, 5) is 0. The maximum Gasteiger partial charge on any atom is 0.00763 e. The molecule has 0 aromatic heterocycles. The lowest BCUT2D eigenvalue weighted by Gasteiger charge is -2.22. The van der Waals surface area contributed by atoms with E-state index < -0.39 is 0 Å². The molecule has 2 aliphatic carbocycles. The van der Waals surface area contributed by atoms with Crippen LogP contribution in [0.2, 0.25) is 0 Å². The predicted molar refractivity (Wildman–Crippen MR) is 53.6 cm³/mol. The van der Waals surface area contributed by atoms with Gasteiger partial charge in [0, 0.05) is 6.04 Å². The monoisotopic (exact) mass is 173 g/mol. The third-order valence-corrected chi connectivity index (χ3v) is 3.73. The molecule has 1 fully saturated rings. The van der Waals surface area contributed by atoms with Gasteiger partial charge < -0.3 is 5.73 Å². The van der Waals surface area contributed by atoms with Crippen LogP contribution in [0.15, 0.2) is 24.3 Å². The maximum atomic E-state index is 6.10. The van der Waals surface area contributed by atoms with Crippen LogP contribution in [-0.2, 0) is 6.42 Å². The number of hydrogen-bond acceptors (Lipinski definition) is 1. The van der Waals surface area contributed by atoms with Crippen LogP contribution in [-0.4, -0.2) is 6.04 Å². The first kappa shape index (κ1) is 7.57. The van der Waals surface area contributed by atoms with Crippen molar-refractivity contribution in [3.05, 3.63) is 35.4 Å². The molecule has 0 radical (unpaired) electrons. The minimum Gasteiger partial charge on any atom is -0.327 e. The molecule has 2 N–H and O–H groups in total. The smallest absolute Gasteiger partial charge is 0.00763 e. The van der Waals surface area contributed by atoms with Crippen LogP contribution >= 0.6 is 0 Å². The fourth-order valence-electron chi connectivity index (χ4n) is 3.05. The number of rotatable bonds is 0. The summed E-state index contributed by atoms with van der Waals surface area (Å²) in [5, 5.41) is 0. The van der Waals surface area contributed by atoms with Gasteiger partial charge in [-0.05, 0) is 42.2 Å². The average molecular weight is 173 g/mol. The van der Waals surface area contributed by atoms with E-state index in [0.29, 0.717) is 6.04 Å². The fourth-order valence-corrected chi connectivity index (χ4v) is 3.05. The molecule has 0 heterocycles. The van der Waals surface area contributed by atoms with Gasteiger partial charge in [-0.1, -0.05) is 24.3 Å². The molecule has 68 valence electrons. The van der Waals surface area contributed by atoms with Gasteiger partial charge in [0.1, 0.15) is 0 Å². The van der Waals surface area contributed by atoms with Crippen molar-refractivity contribution in [2.45, 2.75) is 31.2 Å². The van der Waals surface area contributed by atoms with Gasteiger partial charge >= 0.3 is 0 Å². The first-order valence-electron chi connectivity index (χ1n) is 5.18. The first-order valence-corrected chi connectivity index (χ1v) is 5.18. The molecule has 0 aliphatic heterocycles. The Morgan fingerprint density at radius 2 is 2.00 bits per heavy atom. The molecule has 0 amide bonds. The predicted octanol–water partition coefficient (Wildman–Crippen LogP) is 2.06. The van der Waals surface area contributed by atoms with E-state index in [1.807, 2.05) is 0 Å². The van der Waals surface area contributed by atoms with Gasteiger partial charge in [-0.2, -0.15) is 0 Å². The Kier molecular flexibility index (Phi) is 1.50. The van der Waals surface area contributed by atoms with Crippen molar-refractivity contribution in [1.82, 2.24) is 0 Å². The van der Waals surface area contributed by atoms with E-state index in [-0.39, 0.29) is 0 Å². The quantitative estimate of drug-likeness (QED) is 0.638. The van der Waals surface area contributed by atoms with E-state index in [9.17, 15) is 0 Å². The van der Waals surface area contributed by atoms with Crippen molar-refractivity contribution in [3.63, 3.8) is 0 Å². The van der Waals surface area contributed by atoms with Crippen LogP contribution < -0.4 is 5.73 Å². The van der Waals surface area contributed by atoms with Gasteiger partial charge in [0.2, 0.25) is 0 Å². The van der Waals surface area contributed by atoms with Crippen molar-refractivity contribution < 1.29 is 0 Å². The summed E-state index contributed by atoms with van der Waals surface area (Å²) in [6, 6.07) is 9.32. The summed E-state index contributed by atoms with van der Waals surface area (Å²) < 4.78 is 0. The SMILES string of the molecule is NC1CC2CC1Cc1ccccc12. The molecule has 1 aromatic rings. The summed E-state index contributed by atoms with van der Waals surface area (Å²) in [5.41, 5.74) is 9.23. The Hall–Kier alpha value is -0.820. The summed E-state index contributed by atoms with van der Waals surface area (Å²) in [6.07, 6.45) is 3.76. The van der Waals surface area contributed by atoms with Crippen LogP contribution in [0.4, 0.5) is 0 Å². The summed E-state index contributed by atoms with van der Waals surface area (Å²) in [6.45, 7) is 0. The summed E-state index contributed by atoms with van der Waals surface area (Å²) in [5.74, 6) is 1.53. The summed E-state index contributed by atoms with van der Waals surface area (Å²) >= 11 is 0. The molecule has 1 saturated carbocycles. The Morgan fingerprint density at radius 1 is 1.15 bits per heavy atom. The second kappa shape index (κ2) is 2.58. The summed E-state index contributed by atoms with van der Waals surface area (Å²) in [7, 11) is 0. The molecule has 13 heavy (non-hydrogen) atoms. The van der Waals surface area contributed by atoms with E-state index in [2.05, 4.69) is 24.3 Å². The number of nitrogens with two attached hydrogens (primary N) is 1. The molecular weight excluding hydrogens is 158 g/mol. The fraction of sp³-hybridized carbons (Fsp3) is 0.500. The molecule has 3 rings (SSSR count). The molecule has 1 nitrogen and oxygen atoms in total. The zero-order chi connectivity index (χ0) is 8.84. The first-order chi connectivity index (χ1) is 6.34. The Morgan fingerprint density at radius 3 is 2.92 bits per heavy atom. The maximum absolute atomic E-state index is 6.10. The van der Waals surface area contributed by atoms with Crippen molar-refractivity contribution >= 4 is 0 Å². The largest absolute Gasteiger partial charge is 0.327 e. The van der Waals surface area contributed by atoms with Crippen LogP contribution in [0.1, 0.15) is 29.9 Å². The molecular formula is C12H15N. The van der Waals surface area contributed by atoms with Gasteiger partial charge in [0.05, 0.1) is 0 Å². The lowest BCUT2D eigenvalue weighted by Crippen LogP contribution is -2.25. The lowest BCUT2D eigenvalue weighted by atomic mass is 9.83. The van der Waals surface area contributed by atoms with E-state index in [0.717, 1.165) is 11.8 Å². The van der Waals surface area contributed by atoms with E-state index in [4.69, 9.17) is 5.73 Å². The van der Waals surface area contributed by atoms with Crippen molar-refractivity contribution in [1.29, 1.82) is 0 Å². The van der Waals surface area contributed by atoms with Crippen LogP contribution in [0.25, 0.3) is 0 Å². The van der Waals surface area contributed by atoms with Crippen molar-refractivity contribution in [2.75, 3.05) is 0 Å². The zero-order valence-corrected chi connectivity index (χ0v) is 7.74. The van der Waals surface area contributed by atoms with Gasteiger partial charge in [-0.3, -0.25) is 0 Å². The van der Waals surface area contributed by atoms with Crippen LogP contribution in [0.3, 0.4) is 0 Å². The molecule has 0 saturated heterocycles. The number of fused-ring (bicyclic) bond motifs is 4. The number of hydrogen-bond donors (Lipinski definition) is 1. The normalized spacial score (nSPS) is 35.9. The highest BCUT2D eigenvalue weighted by Gasteiger charge is 2.37. The molecule has 0 spiro atoms. The molecule has 3 atom stereocenters. The molecule has 2 aliphatic rings. The third-order valence-electron chi connectivity index (χ3n) is 3.73. The van der Waals surface area contributed by atoms with Crippen LogP contribution in [0.5, 0.6) is 0 Å². The second-order valence-corrected chi connectivity index (χ2v) is 4.50. The van der Waals surface area contributed by atoms with E-state index in [1.165, 1.54) is 19.3 Å². The third kappa shape index (κ3) is 1.03. The van der Waals surface area contributed by atoms with Crippen molar-refractivity contribution in [2.24, 2.45) is 11.7 Å². The minimum absolute atomic E-state index is 0.456. The minimum atomic E-state index is 0.456. The average Bonchev–Trinajstić information content (AvgIpc) is 2.44. The number of benzene rings is 1. The topological polar surface area (TPSA) is 26.0 Å². The van der Waals surface area contributed by atoms with Gasteiger partial charge in [0.15, 0.2) is 0 Å². The van der Waals surface area contributed by atoms with E-state index in [1.54, 1.807) is 11.1 Å². The van der Waals surface area contributed by atoms with Gasteiger partial charge in [-0.25, -0.2) is 0 Å². The Balaban J connectivity index is 2.08. The molecule has 1 heteroatoms. The Labute approximate surface area is 78.9 Å². The highest BCUT2D eigenvalue weighted by atomic mass is 14.7. The molecule has 2 bridgehead atoms. The van der Waals surface area contributed by atoms with Gasteiger partial charge in [-0.15, -0.1) is 0 Å². The second-order valence-electron chi connectivity index (χ2n) is 4.50. The Bertz CT molecular complexity index is 330. The highest BCUT2D eigenvalue weighted by molar-refractivity contribution is 5.35. The zero-order valence-electron chi connectivity index (χ0n) is 7.74. The molecule has 1 aromatic carbocycles. The van der Waals surface area contributed by atoms with Crippen LogP contribution in [0, 0.1) is 5.92 Å². The highest BCUT2D eigenvalue weighted by Crippen LogP contribution is 2.45. The van der Waals surface area contributed by atoms with Gasteiger partial charge in [0.25, 0.3) is 0 Å².